The van der Waals surface area contributed by atoms with Crippen LogP contribution in [0.3, 0.4) is 0 Å². The lowest BCUT2D eigenvalue weighted by atomic mass is 10.1. The number of nitrogens with one attached hydrogen (secondary N) is 1. The van der Waals surface area contributed by atoms with Gasteiger partial charge in [0.2, 0.25) is 5.91 Å². The Morgan fingerprint density at radius 1 is 1.30 bits per heavy atom. The van der Waals surface area contributed by atoms with Crippen molar-refractivity contribution in [3.05, 3.63) is 36.0 Å². The normalized spacial score (nSPS) is 20.6. The lowest BCUT2D eigenvalue weighted by Crippen LogP contribution is -2.17. The number of pyridine rings is 1. The number of rotatable bonds is 3. The predicted molar refractivity (Wildman–Crippen MR) is 74.3 cm³/mol. The first-order valence-electron chi connectivity index (χ1n) is 6.46. The molecule has 1 aromatic carbocycles. The number of carboxylic acid groups (broad SMARTS) is 1. The molecule has 5 nitrogen and oxygen atoms in total. The lowest BCUT2D eigenvalue weighted by Gasteiger charge is -2.09. The van der Waals surface area contributed by atoms with Crippen LogP contribution >= 0.6 is 0 Å². The van der Waals surface area contributed by atoms with Crippen LogP contribution in [0.25, 0.3) is 10.9 Å². The summed E-state index contributed by atoms with van der Waals surface area (Å²) in [5, 5.41) is 12.6. The molecule has 0 radical (unpaired) electrons. The summed E-state index contributed by atoms with van der Waals surface area (Å²) in [6.45, 7) is 1.86. The predicted octanol–water partition coefficient (Wildman–Crippen LogP) is 2.20. The highest BCUT2D eigenvalue weighted by Gasteiger charge is 2.48. The van der Waals surface area contributed by atoms with E-state index in [1.165, 1.54) is 0 Å². The molecule has 0 saturated heterocycles. The van der Waals surface area contributed by atoms with E-state index in [1.54, 1.807) is 6.07 Å². The number of amides is 1. The molecule has 1 amide bonds. The highest BCUT2D eigenvalue weighted by Crippen LogP contribution is 2.39. The van der Waals surface area contributed by atoms with E-state index in [1.807, 2.05) is 31.2 Å². The molecule has 1 aliphatic carbocycles. The number of carboxylic acids is 1. The second-order valence-corrected chi connectivity index (χ2v) is 5.10. The van der Waals surface area contributed by atoms with E-state index in [0.717, 1.165) is 16.6 Å². The fourth-order valence-corrected chi connectivity index (χ4v) is 2.39. The Kier molecular flexibility index (Phi) is 2.89. The number of nitrogens with zero attached hydrogens (tertiary/aromatic N) is 1. The number of aromatic nitrogens is 1. The number of hydrogen-bond donors (Lipinski definition) is 2. The third-order valence-electron chi connectivity index (χ3n) is 3.55. The molecule has 0 unspecified atom stereocenters. The first kappa shape index (κ1) is 12.6. The molecule has 1 aliphatic rings. The molecule has 1 heterocycles. The number of fused-ring (bicyclic) bond motifs is 1. The molecule has 1 aromatic heterocycles. The van der Waals surface area contributed by atoms with Crippen LogP contribution in [0.15, 0.2) is 30.3 Å². The van der Waals surface area contributed by atoms with Crippen LogP contribution in [0.5, 0.6) is 0 Å². The van der Waals surface area contributed by atoms with Crippen LogP contribution in [0, 0.1) is 18.8 Å². The van der Waals surface area contributed by atoms with E-state index >= 15 is 0 Å². The van der Waals surface area contributed by atoms with E-state index in [2.05, 4.69) is 10.3 Å². The van der Waals surface area contributed by atoms with Crippen LogP contribution in [0.2, 0.25) is 0 Å². The highest BCUT2D eigenvalue weighted by molar-refractivity contribution is 6.04. The molecule has 3 rings (SSSR count). The summed E-state index contributed by atoms with van der Waals surface area (Å²) in [4.78, 5) is 27.3. The summed E-state index contributed by atoms with van der Waals surface area (Å²) in [5.41, 5.74) is 2.31. The summed E-state index contributed by atoms with van der Waals surface area (Å²) in [5.74, 6) is -2.09. The largest absolute Gasteiger partial charge is 0.481 e. The third-order valence-corrected chi connectivity index (χ3v) is 3.55. The van der Waals surface area contributed by atoms with Gasteiger partial charge in [-0.1, -0.05) is 18.2 Å². The Labute approximate surface area is 115 Å². The van der Waals surface area contributed by atoms with Gasteiger partial charge in [-0.25, -0.2) is 0 Å². The summed E-state index contributed by atoms with van der Waals surface area (Å²) in [6, 6.07) is 9.35. The topological polar surface area (TPSA) is 79.3 Å². The van der Waals surface area contributed by atoms with Crippen molar-refractivity contribution in [2.45, 2.75) is 13.3 Å². The average Bonchev–Trinajstić information content (AvgIpc) is 3.18. The van der Waals surface area contributed by atoms with Gasteiger partial charge in [0.15, 0.2) is 0 Å². The average molecular weight is 270 g/mol. The summed E-state index contributed by atoms with van der Waals surface area (Å²) < 4.78 is 0. The van der Waals surface area contributed by atoms with Crippen LogP contribution < -0.4 is 5.32 Å². The zero-order valence-corrected chi connectivity index (χ0v) is 11.0. The molecule has 1 fully saturated rings. The number of aliphatic carboxylic acids is 1. The zero-order valence-electron chi connectivity index (χ0n) is 11.0. The van der Waals surface area contributed by atoms with Gasteiger partial charge in [0.1, 0.15) is 0 Å². The summed E-state index contributed by atoms with van der Waals surface area (Å²) in [6.07, 6.45) is 0.420. The fourth-order valence-electron chi connectivity index (χ4n) is 2.39. The number of carbonyl (C=O) groups excluding carboxylic acids is 1. The molecular weight excluding hydrogens is 256 g/mol. The zero-order chi connectivity index (χ0) is 14.3. The van der Waals surface area contributed by atoms with Crippen molar-refractivity contribution in [3.8, 4) is 0 Å². The number of anilines is 1. The number of para-hydroxylation sites is 1. The molecule has 20 heavy (non-hydrogen) atoms. The van der Waals surface area contributed by atoms with E-state index in [4.69, 9.17) is 5.11 Å². The van der Waals surface area contributed by atoms with Gasteiger partial charge in [-0.2, -0.15) is 0 Å². The van der Waals surface area contributed by atoms with Crippen molar-refractivity contribution in [1.29, 1.82) is 0 Å². The van der Waals surface area contributed by atoms with Gasteiger partial charge in [0.05, 0.1) is 23.0 Å². The molecule has 0 aliphatic heterocycles. The second kappa shape index (κ2) is 4.59. The summed E-state index contributed by atoms with van der Waals surface area (Å²) in [7, 11) is 0. The third kappa shape index (κ3) is 2.22. The van der Waals surface area contributed by atoms with Gasteiger partial charge in [0.25, 0.3) is 0 Å². The van der Waals surface area contributed by atoms with Gasteiger partial charge >= 0.3 is 5.97 Å². The molecule has 102 valence electrons. The maximum Gasteiger partial charge on any atom is 0.307 e. The van der Waals surface area contributed by atoms with Crippen molar-refractivity contribution in [3.63, 3.8) is 0 Å². The van der Waals surface area contributed by atoms with Gasteiger partial charge in [0, 0.05) is 11.1 Å². The molecule has 2 atom stereocenters. The smallest absolute Gasteiger partial charge is 0.307 e. The molecular formula is C15H14N2O3. The SMILES string of the molecule is Cc1cc(NC(=O)[C@@H]2C[C@@H]2C(=O)O)c2ccccc2n1. The number of carbonyl (C=O) groups is 2. The minimum atomic E-state index is -0.902. The standard InChI is InChI=1S/C15H14N2O3/c1-8-6-13(9-4-2-3-5-12(9)16-8)17-14(18)10-7-11(10)15(19)20/h2-6,10-11H,7H2,1H3,(H,19,20)(H,16,17,18)/t10-,11+/m1/s1. The van der Waals surface area contributed by atoms with Crippen molar-refractivity contribution in [1.82, 2.24) is 4.98 Å². The van der Waals surface area contributed by atoms with Crippen LogP contribution in [-0.4, -0.2) is 22.0 Å². The van der Waals surface area contributed by atoms with Gasteiger partial charge < -0.3 is 10.4 Å². The van der Waals surface area contributed by atoms with Crippen molar-refractivity contribution in [2.75, 3.05) is 5.32 Å². The Balaban J connectivity index is 1.88. The van der Waals surface area contributed by atoms with Crippen molar-refractivity contribution in [2.24, 2.45) is 11.8 Å². The maximum atomic E-state index is 12.0. The summed E-state index contributed by atoms with van der Waals surface area (Å²) >= 11 is 0. The minimum Gasteiger partial charge on any atom is -0.481 e. The highest BCUT2D eigenvalue weighted by atomic mass is 16.4. The molecule has 0 spiro atoms. The van der Waals surface area contributed by atoms with E-state index < -0.39 is 17.8 Å². The molecule has 1 saturated carbocycles. The van der Waals surface area contributed by atoms with Crippen molar-refractivity contribution >= 4 is 28.5 Å². The van der Waals surface area contributed by atoms with Crippen LogP contribution in [-0.2, 0) is 9.59 Å². The number of benzene rings is 1. The molecule has 2 N–H and O–H groups in total. The Morgan fingerprint density at radius 2 is 2.05 bits per heavy atom. The van der Waals surface area contributed by atoms with E-state index in [-0.39, 0.29) is 5.91 Å². The molecule has 5 heteroatoms. The molecule has 2 aromatic rings. The van der Waals surface area contributed by atoms with Crippen LogP contribution in [0.4, 0.5) is 5.69 Å². The Bertz CT molecular complexity index is 711. The maximum absolute atomic E-state index is 12.0. The first-order valence-corrected chi connectivity index (χ1v) is 6.46. The minimum absolute atomic E-state index is 0.229. The van der Waals surface area contributed by atoms with E-state index in [0.29, 0.717) is 12.1 Å². The van der Waals surface area contributed by atoms with Crippen molar-refractivity contribution < 1.29 is 14.7 Å². The monoisotopic (exact) mass is 270 g/mol. The number of aryl methyl sites for hydroxylation is 1. The van der Waals surface area contributed by atoms with E-state index in [9.17, 15) is 9.59 Å². The Hall–Kier alpha value is -2.43. The quantitative estimate of drug-likeness (QED) is 0.896. The number of hydrogen-bond acceptors (Lipinski definition) is 3. The molecule has 0 bridgehead atoms. The Morgan fingerprint density at radius 3 is 2.75 bits per heavy atom. The van der Waals surface area contributed by atoms with Crippen LogP contribution in [0.1, 0.15) is 12.1 Å². The second-order valence-electron chi connectivity index (χ2n) is 5.10. The van der Waals surface area contributed by atoms with Gasteiger partial charge in [-0.05, 0) is 25.5 Å². The first-order chi connectivity index (χ1) is 9.56. The lowest BCUT2D eigenvalue weighted by molar-refractivity contribution is -0.139. The van der Waals surface area contributed by atoms with Gasteiger partial charge in [-0.15, -0.1) is 0 Å². The fraction of sp³-hybridized carbons (Fsp3) is 0.267. The van der Waals surface area contributed by atoms with Gasteiger partial charge in [-0.3, -0.25) is 14.6 Å².